The highest BCUT2D eigenvalue weighted by Crippen LogP contribution is 2.17. The van der Waals surface area contributed by atoms with Crippen molar-refractivity contribution in [2.45, 2.75) is 51.6 Å². The summed E-state index contributed by atoms with van der Waals surface area (Å²) in [5.41, 5.74) is 5.30. The number of aryl methyl sites for hydroxylation is 1. The predicted molar refractivity (Wildman–Crippen MR) is 105 cm³/mol. The molecule has 1 amide bonds. The van der Waals surface area contributed by atoms with Crippen LogP contribution in [0.2, 0.25) is 0 Å². The molecule has 0 radical (unpaired) electrons. The summed E-state index contributed by atoms with van der Waals surface area (Å²) in [4.78, 5) is 24.9. The zero-order valence-corrected chi connectivity index (χ0v) is 15.6. The van der Waals surface area contributed by atoms with Gasteiger partial charge in [0, 0.05) is 18.0 Å². The molecule has 1 aliphatic rings. The van der Waals surface area contributed by atoms with Gasteiger partial charge in [-0.3, -0.25) is 20.4 Å². The largest absolute Gasteiger partial charge is 0.359 e. The van der Waals surface area contributed by atoms with Crippen molar-refractivity contribution in [2.24, 2.45) is 0 Å². The lowest BCUT2D eigenvalue weighted by atomic mass is 9.96. The van der Waals surface area contributed by atoms with E-state index < -0.39 is 5.91 Å². The molecule has 1 saturated carbocycles. The number of amides is 1. The third-order valence-electron chi connectivity index (χ3n) is 4.61. The Hall–Kier alpha value is -2.48. The molecule has 1 heterocycles. The summed E-state index contributed by atoms with van der Waals surface area (Å²) in [5, 5.41) is 8.80. The standard InChI is InChI=1S/C18H23N5O2S/c1-2-23-17(25)14-11-7-6-10-13(14)15(22-23)16(24)20-21-18(26)19-12-8-4-3-5-9-12/h6-7,10-12H,2-5,8-9H2,1H3,(H,20,24)(H2,19,21,26). The summed E-state index contributed by atoms with van der Waals surface area (Å²) < 4.78 is 1.29. The number of carbonyl (C=O) groups is 1. The Morgan fingerprint density at radius 2 is 1.88 bits per heavy atom. The highest BCUT2D eigenvalue weighted by molar-refractivity contribution is 7.80. The minimum Gasteiger partial charge on any atom is -0.359 e. The lowest BCUT2D eigenvalue weighted by Crippen LogP contribution is -2.50. The molecule has 26 heavy (non-hydrogen) atoms. The monoisotopic (exact) mass is 373 g/mol. The van der Waals surface area contributed by atoms with Crippen molar-refractivity contribution >= 4 is 34.0 Å². The zero-order chi connectivity index (χ0) is 18.5. The van der Waals surface area contributed by atoms with Crippen molar-refractivity contribution in [2.75, 3.05) is 0 Å². The number of thiocarbonyl (C=S) groups is 1. The number of fused-ring (bicyclic) bond motifs is 1. The van der Waals surface area contributed by atoms with E-state index in [2.05, 4.69) is 21.3 Å². The molecule has 3 N–H and O–H groups in total. The highest BCUT2D eigenvalue weighted by Gasteiger charge is 2.17. The fraction of sp³-hybridized carbons (Fsp3) is 0.444. The molecule has 1 aromatic carbocycles. The molecule has 0 aliphatic heterocycles. The summed E-state index contributed by atoms with van der Waals surface area (Å²) in [5.74, 6) is -0.434. The molecule has 1 fully saturated rings. The first kappa shape index (κ1) is 18.3. The molecule has 1 aliphatic carbocycles. The fourth-order valence-corrected chi connectivity index (χ4v) is 3.48. The van der Waals surface area contributed by atoms with E-state index in [9.17, 15) is 9.59 Å². The second kappa shape index (κ2) is 8.27. The van der Waals surface area contributed by atoms with E-state index in [1.165, 1.54) is 23.9 Å². The molecule has 0 unspecified atom stereocenters. The van der Waals surface area contributed by atoms with Crippen molar-refractivity contribution in [3.05, 3.63) is 40.3 Å². The Kier molecular flexibility index (Phi) is 5.82. The van der Waals surface area contributed by atoms with E-state index in [1.54, 1.807) is 24.3 Å². The van der Waals surface area contributed by atoms with Gasteiger partial charge in [-0.1, -0.05) is 37.5 Å². The maximum Gasteiger partial charge on any atom is 0.290 e. The molecule has 8 heteroatoms. The van der Waals surface area contributed by atoms with Gasteiger partial charge in [0.1, 0.15) is 0 Å². The number of benzene rings is 1. The SMILES string of the molecule is CCn1nc(C(=O)NNC(=S)NC2CCCCC2)c2ccccc2c1=O. The van der Waals surface area contributed by atoms with Crippen LogP contribution in [0.4, 0.5) is 0 Å². The summed E-state index contributed by atoms with van der Waals surface area (Å²) in [6.45, 7) is 2.20. The maximum atomic E-state index is 12.6. The first-order chi connectivity index (χ1) is 12.6. The van der Waals surface area contributed by atoms with Crippen molar-refractivity contribution in [1.82, 2.24) is 25.9 Å². The minimum absolute atomic E-state index is 0.190. The Labute approximate surface area is 157 Å². The molecule has 0 bridgehead atoms. The van der Waals surface area contributed by atoms with E-state index in [1.807, 2.05) is 6.92 Å². The van der Waals surface area contributed by atoms with Gasteiger partial charge in [0.05, 0.1) is 5.39 Å². The molecule has 2 aromatic rings. The summed E-state index contributed by atoms with van der Waals surface area (Å²) in [6.07, 6.45) is 5.83. The van der Waals surface area contributed by atoms with Gasteiger partial charge >= 0.3 is 0 Å². The van der Waals surface area contributed by atoms with Crippen LogP contribution in [0, 0.1) is 0 Å². The Bertz CT molecular complexity index is 874. The fourth-order valence-electron chi connectivity index (χ4n) is 3.26. The smallest absolute Gasteiger partial charge is 0.290 e. The van der Waals surface area contributed by atoms with Gasteiger partial charge in [-0.25, -0.2) is 4.68 Å². The minimum atomic E-state index is -0.434. The van der Waals surface area contributed by atoms with Crippen molar-refractivity contribution in [3.8, 4) is 0 Å². The predicted octanol–water partition coefficient (Wildman–Crippen LogP) is 1.86. The number of nitrogens with one attached hydrogen (secondary N) is 3. The van der Waals surface area contributed by atoms with Crippen molar-refractivity contribution < 1.29 is 4.79 Å². The van der Waals surface area contributed by atoms with E-state index in [4.69, 9.17) is 12.2 Å². The molecule has 7 nitrogen and oxygen atoms in total. The van der Waals surface area contributed by atoms with Crippen LogP contribution < -0.4 is 21.7 Å². The molecule has 0 spiro atoms. The third kappa shape index (κ3) is 4.01. The molecular formula is C18H23N5O2S. The third-order valence-corrected chi connectivity index (χ3v) is 4.83. The van der Waals surface area contributed by atoms with Crippen LogP contribution >= 0.6 is 12.2 Å². The molecule has 3 rings (SSSR count). The van der Waals surface area contributed by atoms with Crippen LogP contribution in [-0.2, 0) is 6.54 Å². The first-order valence-electron chi connectivity index (χ1n) is 8.97. The number of nitrogens with zero attached hydrogens (tertiary/aromatic N) is 2. The van der Waals surface area contributed by atoms with E-state index in [-0.39, 0.29) is 11.3 Å². The topological polar surface area (TPSA) is 88.1 Å². The number of aromatic nitrogens is 2. The Balaban J connectivity index is 1.72. The lowest BCUT2D eigenvalue weighted by Gasteiger charge is -2.24. The summed E-state index contributed by atoms with van der Waals surface area (Å²) >= 11 is 5.26. The second-order valence-electron chi connectivity index (χ2n) is 6.40. The van der Waals surface area contributed by atoms with Crippen LogP contribution in [0.15, 0.2) is 29.1 Å². The van der Waals surface area contributed by atoms with Crippen LogP contribution in [0.5, 0.6) is 0 Å². The normalized spacial score (nSPS) is 14.8. The summed E-state index contributed by atoms with van der Waals surface area (Å²) in [6, 6.07) is 7.32. The van der Waals surface area contributed by atoms with E-state index >= 15 is 0 Å². The van der Waals surface area contributed by atoms with Crippen LogP contribution in [-0.4, -0.2) is 26.8 Å². The first-order valence-corrected chi connectivity index (χ1v) is 9.37. The number of carbonyl (C=O) groups excluding carboxylic acids is 1. The van der Waals surface area contributed by atoms with Gasteiger partial charge in [0.2, 0.25) is 0 Å². The second-order valence-corrected chi connectivity index (χ2v) is 6.81. The Morgan fingerprint density at radius 3 is 2.58 bits per heavy atom. The average Bonchev–Trinajstić information content (AvgIpc) is 2.67. The van der Waals surface area contributed by atoms with E-state index in [0.717, 1.165) is 12.8 Å². The lowest BCUT2D eigenvalue weighted by molar-refractivity contribution is 0.0938. The van der Waals surface area contributed by atoms with Gasteiger partial charge in [0.25, 0.3) is 11.5 Å². The number of hydrogen-bond donors (Lipinski definition) is 3. The van der Waals surface area contributed by atoms with Crippen LogP contribution in [0.3, 0.4) is 0 Å². The highest BCUT2D eigenvalue weighted by atomic mass is 32.1. The van der Waals surface area contributed by atoms with Crippen molar-refractivity contribution in [1.29, 1.82) is 0 Å². The van der Waals surface area contributed by atoms with Crippen LogP contribution in [0.1, 0.15) is 49.5 Å². The Morgan fingerprint density at radius 1 is 1.19 bits per heavy atom. The molecule has 0 saturated heterocycles. The number of hydrogen-bond acceptors (Lipinski definition) is 4. The quantitative estimate of drug-likeness (QED) is 0.562. The molecule has 1 aromatic heterocycles. The van der Waals surface area contributed by atoms with Gasteiger partial charge < -0.3 is 5.32 Å². The number of rotatable bonds is 3. The molecule has 0 atom stereocenters. The van der Waals surface area contributed by atoms with Gasteiger partial charge in [-0.2, -0.15) is 5.10 Å². The van der Waals surface area contributed by atoms with Gasteiger partial charge in [-0.05, 0) is 38.0 Å². The molecular weight excluding hydrogens is 350 g/mol. The van der Waals surface area contributed by atoms with Gasteiger partial charge in [0.15, 0.2) is 10.8 Å². The van der Waals surface area contributed by atoms with Gasteiger partial charge in [-0.15, -0.1) is 0 Å². The summed E-state index contributed by atoms with van der Waals surface area (Å²) in [7, 11) is 0. The van der Waals surface area contributed by atoms with Crippen LogP contribution in [0.25, 0.3) is 10.8 Å². The zero-order valence-electron chi connectivity index (χ0n) is 14.7. The average molecular weight is 373 g/mol. The maximum absolute atomic E-state index is 12.6. The van der Waals surface area contributed by atoms with Crippen molar-refractivity contribution in [3.63, 3.8) is 0 Å². The van der Waals surface area contributed by atoms with E-state index in [0.29, 0.717) is 28.5 Å². The molecule has 138 valence electrons. The number of hydrazine groups is 1.